The lowest BCUT2D eigenvalue weighted by Crippen LogP contribution is -2.15. The zero-order valence-corrected chi connectivity index (χ0v) is 14.2. The molecule has 0 N–H and O–H groups in total. The van der Waals surface area contributed by atoms with Crippen LogP contribution in [-0.2, 0) is 5.92 Å². The van der Waals surface area contributed by atoms with E-state index in [1.54, 1.807) is 6.07 Å². The molecule has 0 fully saturated rings. The van der Waals surface area contributed by atoms with E-state index in [1.165, 1.54) is 19.1 Å². The van der Waals surface area contributed by atoms with Gasteiger partial charge in [0.05, 0.1) is 11.2 Å². The predicted molar refractivity (Wildman–Crippen MR) is 96.9 cm³/mol. The number of nitrogens with zero attached hydrogens (tertiary/aromatic N) is 1. The third-order valence-corrected chi connectivity index (χ3v) is 4.14. The number of halogens is 2. The molecule has 2 aromatic carbocycles. The number of aryl methyl sites for hydroxylation is 1. The molecule has 0 amide bonds. The number of alkyl halides is 2. The summed E-state index contributed by atoms with van der Waals surface area (Å²) in [4.78, 5) is 16.6. The van der Waals surface area contributed by atoms with Crippen LogP contribution >= 0.6 is 0 Å². The summed E-state index contributed by atoms with van der Waals surface area (Å²) in [5, 5.41) is 0.347. The first-order chi connectivity index (χ1) is 11.7. The van der Waals surface area contributed by atoms with Crippen LogP contribution in [0.25, 0.3) is 22.2 Å². The summed E-state index contributed by atoms with van der Waals surface area (Å²) in [6, 6.07) is 11.9. The quantitative estimate of drug-likeness (QED) is 0.527. The molecule has 1 heterocycles. The maximum atomic E-state index is 14.1. The highest BCUT2D eigenvalue weighted by molar-refractivity contribution is 6.33. The van der Waals surface area contributed by atoms with E-state index >= 15 is 0 Å². The van der Waals surface area contributed by atoms with Gasteiger partial charge in [-0.15, -0.1) is 0 Å². The molecule has 5 heteroatoms. The summed E-state index contributed by atoms with van der Waals surface area (Å²) in [6.07, 6.45) is 0. The van der Waals surface area contributed by atoms with E-state index < -0.39 is 5.92 Å². The van der Waals surface area contributed by atoms with Gasteiger partial charge >= 0.3 is 0 Å². The van der Waals surface area contributed by atoms with Crippen LogP contribution in [0.5, 0.6) is 0 Å². The summed E-state index contributed by atoms with van der Waals surface area (Å²) in [5.74, 6) is -3.35. The van der Waals surface area contributed by atoms with E-state index in [0.29, 0.717) is 16.6 Å². The fraction of sp³-hybridized carbons (Fsp3) is 0.200. The third-order valence-electron chi connectivity index (χ3n) is 4.14. The number of carbonyl (C=O) groups excluding carboxylic acids is 1. The second-order valence-electron chi connectivity index (χ2n) is 6.33. The number of carbonyl (C=O) groups is 1. The Bertz CT molecular complexity index is 976. The smallest absolute Gasteiger partial charge is 0.272 e. The van der Waals surface area contributed by atoms with Crippen molar-refractivity contribution in [2.24, 2.45) is 0 Å². The molecular weight excluding hydrogens is 319 g/mol. The van der Waals surface area contributed by atoms with Crippen LogP contribution in [0.4, 0.5) is 8.78 Å². The largest absolute Gasteiger partial charge is 0.294 e. The van der Waals surface area contributed by atoms with Gasteiger partial charge in [-0.1, -0.05) is 47.4 Å². The van der Waals surface area contributed by atoms with Crippen molar-refractivity contribution >= 4 is 30.0 Å². The molecule has 0 saturated heterocycles. The lowest BCUT2D eigenvalue weighted by molar-refractivity contribution is 0.0190. The molecule has 0 spiro atoms. The number of Topliss-reactive ketones (excluding diaryl/α,β-unsaturated/α-hetero) is 1. The summed E-state index contributed by atoms with van der Waals surface area (Å²) < 4.78 is 28.2. The standard InChI is InChI=1S/C20H16BF2NO/c1-11-4-6-13(7-5-11)18-10-15(12(2)25)16-8-14(21)9-17(19(16)24-18)20(3,22)23/h4-10H,1-3H3. The van der Waals surface area contributed by atoms with Crippen LogP contribution in [0.15, 0.2) is 42.5 Å². The highest BCUT2D eigenvalue weighted by Crippen LogP contribution is 2.34. The van der Waals surface area contributed by atoms with Crippen molar-refractivity contribution in [3.8, 4) is 11.3 Å². The van der Waals surface area contributed by atoms with E-state index in [2.05, 4.69) is 4.98 Å². The molecule has 25 heavy (non-hydrogen) atoms. The van der Waals surface area contributed by atoms with Crippen molar-refractivity contribution in [2.75, 3.05) is 0 Å². The molecule has 1 aromatic heterocycles. The van der Waals surface area contributed by atoms with Gasteiger partial charge < -0.3 is 0 Å². The number of rotatable bonds is 3. The highest BCUT2D eigenvalue weighted by Gasteiger charge is 2.29. The third kappa shape index (κ3) is 3.32. The molecule has 3 rings (SSSR count). The molecule has 2 nitrogen and oxygen atoms in total. The summed E-state index contributed by atoms with van der Waals surface area (Å²) in [5.41, 5.74) is 2.65. The average Bonchev–Trinajstić information content (AvgIpc) is 2.53. The molecule has 2 radical (unpaired) electrons. The van der Waals surface area contributed by atoms with Crippen LogP contribution < -0.4 is 5.46 Å². The van der Waals surface area contributed by atoms with E-state index in [-0.39, 0.29) is 22.3 Å². The Morgan fingerprint density at radius 1 is 1.12 bits per heavy atom. The van der Waals surface area contributed by atoms with E-state index in [4.69, 9.17) is 7.85 Å². The monoisotopic (exact) mass is 335 g/mol. The van der Waals surface area contributed by atoms with Crippen molar-refractivity contribution in [1.29, 1.82) is 0 Å². The number of hydrogen-bond donors (Lipinski definition) is 0. The molecule has 124 valence electrons. The van der Waals surface area contributed by atoms with E-state index in [1.807, 2.05) is 31.2 Å². The zero-order chi connectivity index (χ0) is 18.4. The lowest BCUT2D eigenvalue weighted by atomic mass is 9.88. The maximum absolute atomic E-state index is 14.1. The Morgan fingerprint density at radius 2 is 1.76 bits per heavy atom. The Balaban J connectivity index is 2.40. The lowest BCUT2D eigenvalue weighted by Gasteiger charge is -2.17. The van der Waals surface area contributed by atoms with Crippen molar-refractivity contribution in [1.82, 2.24) is 4.98 Å². The van der Waals surface area contributed by atoms with E-state index in [0.717, 1.165) is 18.1 Å². The van der Waals surface area contributed by atoms with Crippen LogP contribution in [0.3, 0.4) is 0 Å². The number of aromatic nitrogens is 1. The molecule has 0 aliphatic heterocycles. The Hall–Kier alpha value is -2.56. The first kappa shape index (κ1) is 17.3. The summed E-state index contributed by atoms with van der Waals surface area (Å²) in [7, 11) is 5.78. The first-order valence-corrected chi connectivity index (χ1v) is 7.87. The van der Waals surface area contributed by atoms with Crippen LogP contribution in [0.2, 0.25) is 0 Å². The van der Waals surface area contributed by atoms with E-state index in [9.17, 15) is 13.6 Å². The molecule has 0 aliphatic carbocycles. The van der Waals surface area contributed by atoms with Crippen molar-refractivity contribution in [2.45, 2.75) is 26.7 Å². The molecule has 0 saturated carbocycles. The van der Waals surface area contributed by atoms with Gasteiger partial charge in [0.2, 0.25) is 0 Å². The molecule has 3 aromatic rings. The summed E-state index contributed by atoms with van der Waals surface area (Å²) in [6.45, 7) is 4.16. The van der Waals surface area contributed by atoms with Crippen LogP contribution in [0.1, 0.15) is 35.3 Å². The van der Waals surface area contributed by atoms with Crippen molar-refractivity contribution in [3.05, 3.63) is 59.2 Å². The van der Waals surface area contributed by atoms with Gasteiger partial charge in [0.25, 0.3) is 5.92 Å². The first-order valence-electron chi connectivity index (χ1n) is 7.87. The van der Waals surface area contributed by atoms with Gasteiger partial charge in [0.1, 0.15) is 7.85 Å². The number of pyridine rings is 1. The minimum Gasteiger partial charge on any atom is -0.294 e. The molecular formula is C20H16BF2NO. The number of ketones is 1. The molecule has 0 unspecified atom stereocenters. The minimum atomic E-state index is -3.12. The SMILES string of the molecule is [B]c1cc(C(C)(F)F)c2nc(-c3ccc(C)cc3)cc(C(C)=O)c2c1. The number of benzene rings is 2. The van der Waals surface area contributed by atoms with Crippen molar-refractivity contribution < 1.29 is 13.6 Å². The highest BCUT2D eigenvalue weighted by atomic mass is 19.3. The summed E-state index contributed by atoms with van der Waals surface area (Å²) >= 11 is 0. The van der Waals surface area contributed by atoms with Gasteiger partial charge in [-0.25, -0.2) is 13.8 Å². The predicted octanol–water partition coefficient (Wildman–Crippen LogP) is 4.32. The normalized spacial score (nSPS) is 11.7. The number of fused-ring (bicyclic) bond motifs is 1. The Labute approximate surface area is 146 Å². The van der Waals surface area contributed by atoms with Crippen molar-refractivity contribution in [3.63, 3.8) is 0 Å². The number of hydrogen-bond acceptors (Lipinski definition) is 2. The molecule has 0 bridgehead atoms. The van der Waals surface area contributed by atoms with Gasteiger partial charge in [-0.2, -0.15) is 0 Å². The molecule has 0 atom stereocenters. The zero-order valence-electron chi connectivity index (χ0n) is 14.2. The van der Waals surface area contributed by atoms with Gasteiger partial charge in [-0.05, 0) is 19.9 Å². The Kier molecular flexibility index (Phi) is 4.19. The van der Waals surface area contributed by atoms with Gasteiger partial charge in [0, 0.05) is 29.0 Å². The Morgan fingerprint density at radius 3 is 2.32 bits per heavy atom. The second-order valence-corrected chi connectivity index (χ2v) is 6.33. The topological polar surface area (TPSA) is 30.0 Å². The van der Waals surface area contributed by atoms with Crippen LogP contribution in [0, 0.1) is 6.92 Å². The minimum absolute atomic E-state index is 0.102. The van der Waals surface area contributed by atoms with Gasteiger partial charge in [0.15, 0.2) is 5.78 Å². The maximum Gasteiger partial charge on any atom is 0.272 e. The van der Waals surface area contributed by atoms with Gasteiger partial charge in [-0.3, -0.25) is 4.79 Å². The van der Waals surface area contributed by atoms with Crippen LogP contribution in [-0.4, -0.2) is 18.6 Å². The fourth-order valence-corrected chi connectivity index (χ4v) is 2.85. The average molecular weight is 335 g/mol. The second kappa shape index (κ2) is 6.06. The molecule has 0 aliphatic rings. The fourth-order valence-electron chi connectivity index (χ4n) is 2.85.